The van der Waals surface area contributed by atoms with Gasteiger partial charge in [-0.2, -0.15) is 0 Å². The second kappa shape index (κ2) is 6.75. The van der Waals surface area contributed by atoms with E-state index in [1.807, 2.05) is 30.3 Å². The molecule has 0 saturated carbocycles. The van der Waals surface area contributed by atoms with Crippen LogP contribution in [-0.4, -0.2) is 29.2 Å². The van der Waals surface area contributed by atoms with Crippen LogP contribution in [0.2, 0.25) is 0 Å². The number of benzene rings is 1. The lowest BCUT2D eigenvalue weighted by Crippen LogP contribution is -2.06. The van der Waals surface area contributed by atoms with Gasteiger partial charge in [0.05, 0.1) is 12.8 Å². The van der Waals surface area contributed by atoms with Gasteiger partial charge in [-0.1, -0.05) is 29.5 Å². The highest BCUT2D eigenvalue weighted by Crippen LogP contribution is 2.17. The standard InChI is InChI=1S/C13H14N2O3S/c16-12(17)11-9-15-13(19-11)14-7-4-8-18-10-5-2-1-3-6-10/h1-3,5-6,9H,4,7-8H2,(H,14,15)(H,16,17). The van der Waals surface area contributed by atoms with Gasteiger partial charge in [0.1, 0.15) is 10.6 Å². The number of rotatable bonds is 7. The number of aromatic nitrogens is 1. The third-order valence-corrected chi connectivity index (χ3v) is 3.27. The zero-order valence-corrected chi connectivity index (χ0v) is 11.0. The summed E-state index contributed by atoms with van der Waals surface area (Å²) in [6.07, 6.45) is 2.17. The van der Waals surface area contributed by atoms with Gasteiger partial charge in [0.15, 0.2) is 5.13 Å². The van der Waals surface area contributed by atoms with Gasteiger partial charge in [0.25, 0.3) is 0 Å². The lowest BCUT2D eigenvalue weighted by molar-refractivity contribution is 0.0702. The van der Waals surface area contributed by atoms with Crippen LogP contribution in [0.5, 0.6) is 5.75 Å². The summed E-state index contributed by atoms with van der Waals surface area (Å²) in [5.74, 6) is -0.0946. The number of thiazole rings is 1. The van der Waals surface area contributed by atoms with Crippen molar-refractivity contribution in [2.45, 2.75) is 6.42 Å². The molecule has 0 amide bonds. The Morgan fingerprint density at radius 3 is 2.84 bits per heavy atom. The Bertz CT molecular complexity index is 528. The molecule has 1 heterocycles. The smallest absolute Gasteiger partial charge is 0.347 e. The van der Waals surface area contributed by atoms with Crippen LogP contribution >= 0.6 is 11.3 Å². The number of nitrogens with one attached hydrogen (secondary N) is 1. The van der Waals surface area contributed by atoms with Crippen molar-refractivity contribution in [3.8, 4) is 5.75 Å². The van der Waals surface area contributed by atoms with Crippen molar-refractivity contribution in [3.05, 3.63) is 41.4 Å². The molecule has 0 aliphatic heterocycles. The fraction of sp³-hybridized carbons (Fsp3) is 0.231. The maximum Gasteiger partial charge on any atom is 0.347 e. The molecule has 1 aromatic carbocycles. The lowest BCUT2D eigenvalue weighted by Gasteiger charge is -2.06. The zero-order chi connectivity index (χ0) is 13.5. The van der Waals surface area contributed by atoms with E-state index >= 15 is 0 Å². The maximum atomic E-state index is 10.7. The summed E-state index contributed by atoms with van der Waals surface area (Å²) < 4.78 is 5.54. The number of ether oxygens (including phenoxy) is 1. The molecule has 2 N–H and O–H groups in total. The van der Waals surface area contributed by atoms with E-state index in [9.17, 15) is 4.79 Å². The summed E-state index contributed by atoms with van der Waals surface area (Å²) in [6, 6.07) is 9.62. The van der Waals surface area contributed by atoms with Crippen LogP contribution in [0.15, 0.2) is 36.5 Å². The molecule has 1 aromatic heterocycles. The Balaban J connectivity index is 1.65. The number of carbonyl (C=O) groups is 1. The summed E-state index contributed by atoms with van der Waals surface area (Å²) in [4.78, 5) is 14.9. The fourth-order valence-electron chi connectivity index (χ4n) is 1.43. The molecule has 6 heteroatoms. The van der Waals surface area contributed by atoms with Crippen molar-refractivity contribution in [2.24, 2.45) is 0 Å². The van der Waals surface area contributed by atoms with Crippen LogP contribution in [0.25, 0.3) is 0 Å². The van der Waals surface area contributed by atoms with E-state index in [0.717, 1.165) is 23.5 Å². The average molecular weight is 278 g/mol. The maximum absolute atomic E-state index is 10.7. The van der Waals surface area contributed by atoms with E-state index < -0.39 is 5.97 Å². The van der Waals surface area contributed by atoms with E-state index in [4.69, 9.17) is 9.84 Å². The van der Waals surface area contributed by atoms with E-state index in [2.05, 4.69) is 10.3 Å². The highest BCUT2D eigenvalue weighted by Gasteiger charge is 2.07. The van der Waals surface area contributed by atoms with Crippen LogP contribution in [-0.2, 0) is 0 Å². The van der Waals surface area contributed by atoms with Gasteiger partial charge in [0.2, 0.25) is 0 Å². The number of carboxylic acids is 1. The SMILES string of the molecule is O=C(O)c1cnc(NCCCOc2ccccc2)s1. The minimum Gasteiger partial charge on any atom is -0.494 e. The molecule has 100 valence electrons. The molecule has 0 aliphatic carbocycles. The van der Waals surface area contributed by atoms with E-state index in [1.165, 1.54) is 6.20 Å². The van der Waals surface area contributed by atoms with Crippen LogP contribution in [0.1, 0.15) is 16.1 Å². The molecule has 0 spiro atoms. The van der Waals surface area contributed by atoms with Crippen molar-refractivity contribution in [1.82, 2.24) is 4.98 Å². The number of para-hydroxylation sites is 1. The van der Waals surface area contributed by atoms with Crippen LogP contribution in [0, 0.1) is 0 Å². The molecule has 2 aromatic rings. The Morgan fingerprint density at radius 2 is 2.16 bits per heavy atom. The van der Waals surface area contributed by atoms with Gasteiger partial charge >= 0.3 is 5.97 Å². The molecule has 2 rings (SSSR count). The monoisotopic (exact) mass is 278 g/mol. The molecular formula is C13H14N2O3S. The van der Waals surface area contributed by atoms with Crippen LogP contribution in [0.3, 0.4) is 0 Å². The van der Waals surface area contributed by atoms with Gasteiger partial charge < -0.3 is 15.2 Å². The Morgan fingerprint density at radius 1 is 1.37 bits per heavy atom. The molecule has 0 aliphatic rings. The quantitative estimate of drug-likeness (QED) is 0.762. The number of aromatic carboxylic acids is 1. The fourth-order valence-corrected chi connectivity index (χ4v) is 2.11. The van der Waals surface area contributed by atoms with Crippen molar-refractivity contribution in [3.63, 3.8) is 0 Å². The second-order valence-electron chi connectivity index (χ2n) is 3.78. The summed E-state index contributed by atoms with van der Waals surface area (Å²) in [6.45, 7) is 1.30. The number of hydrogen-bond acceptors (Lipinski definition) is 5. The van der Waals surface area contributed by atoms with Gasteiger partial charge in [0, 0.05) is 6.54 Å². The van der Waals surface area contributed by atoms with Crippen molar-refractivity contribution in [1.29, 1.82) is 0 Å². The Hall–Kier alpha value is -2.08. The summed E-state index contributed by atoms with van der Waals surface area (Å²) in [5.41, 5.74) is 0. The molecule has 0 fully saturated rings. The molecule has 0 radical (unpaired) electrons. The van der Waals surface area contributed by atoms with E-state index in [-0.39, 0.29) is 4.88 Å². The lowest BCUT2D eigenvalue weighted by atomic mass is 10.3. The molecule has 0 bridgehead atoms. The molecule has 19 heavy (non-hydrogen) atoms. The average Bonchev–Trinajstić information content (AvgIpc) is 2.89. The third-order valence-electron chi connectivity index (χ3n) is 2.33. The first-order valence-corrected chi connectivity index (χ1v) is 6.68. The molecule has 0 atom stereocenters. The number of nitrogens with zero attached hydrogens (tertiary/aromatic N) is 1. The number of hydrogen-bond donors (Lipinski definition) is 2. The third kappa shape index (κ3) is 4.26. The summed E-state index contributed by atoms with van der Waals surface area (Å²) >= 11 is 1.13. The first-order valence-electron chi connectivity index (χ1n) is 5.86. The van der Waals surface area contributed by atoms with E-state index in [0.29, 0.717) is 18.3 Å². The van der Waals surface area contributed by atoms with Gasteiger partial charge in [-0.25, -0.2) is 9.78 Å². The largest absolute Gasteiger partial charge is 0.494 e. The molecule has 0 saturated heterocycles. The molecule has 0 unspecified atom stereocenters. The number of anilines is 1. The number of carboxylic acid groups (broad SMARTS) is 1. The first kappa shape index (κ1) is 13.4. The van der Waals surface area contributed by atoms with Crippen LogP contribution in [0.4, 0.5) is 5.13 Å². The summed E-state index contributed by atoms with van der Waals surface area (Å²) in [7, 11) is 0. The predicted molar refractivity (Wildman–Crippen MR) is 74.1 cm³/mol. The van der Waals surface area contributed by atoms with E-state index in [1.54, 1.807) is 0 Å². The zero-order valence-electron chi connectivity index (χ0n) is 10.2. The predicted octanol–water partition coefficient (Wildman–Crippen LogP) is 2.72. The molecule has 5 nitrogen and oxygen atoms in total. The minimum absolute atomic E-state index is 0.239. The van der Waals surface area contributed by atoms with Crippen LogP contribution < -0.4 is 10.1 Å². The topological polar surface area (TPSA) is 71.5 Å². The first-order chi connectivity index (χ1) is 9.25. The highest BCUT2D eigenvalue weighted by molar-refractivity contribution is 7.17. The van der Waals surface area contributed by atoms with Crippen molar-refractivity contribution >= 4 is 22.4 Å². The van der Waals surface area contributed by atoms with Gasteiger partial charge in [-0.15, -0.1) is 0 Å². The minimum atomic E-state index is -0.946. The Kier molecular flexibility index (Phi) is 4.74. The highest BCUT2D eigenvalue weighted by atomic mass is 32.1. The van der Waals surface area contributed by atoms with Gasteiger partial charge in [-0.05, 0) is 18.6 Å². The van der Waals surface area contributed by atoms with Gasteiger partial charge in [-0.3, -0.25) is 0 Å². The van der Waals surface area contributed by atoms with Crippen molar-refractivity contribution < 1.29 is 14.6 Å². The van der Waals surface area contributed by atoms with Crippen molar-refractivity contribution in [2.75, 3.05) is 18.5 Å². The normalized spacial score (nSPS) is 10.1. The summed E-state index contributed by atoms with van der Waals surface area (Å²) in [5, 5.41) is 12.4. The molecular weight excluding hydrogens is 264 g/mol. The second-order valence-corrected chi connectivity index (χ2v) is 4.81. The Labute approximate surface area is 114 Å².